The van der Waals surface area contributed by atoms with Crippen molar-refractivity contribution in [2.75, 3.05) is 7.05 Å². The van der Waals surface area contributed by atoms with Gasteiger partial charge in [0.15, 0.2) is 0 Å². The molecule has 1 N–H and O–H groups in total. The fraction of sp³-hybridized carbons (Fsp3) is 0.200. The Morgan fingerprint density at radius 1 is 1.25 bits per heavy atom. The lowest BCUT2D eigenvalue weighted by Gasteiger charge is -2.18. The second-order valence-electron chi connectivity index (χ2n) is 4.73. The summed E-state index contributed by atoms with van der Waals surface area (Å²) in [5.41, 5.74) is 3.84. The summed E-state index contributed by atoms with van der Waals surface area (Å²) in [7, 11) is 1.86. The molecule has 3 rings (SSSR count). The summed E-state index contributed by atoms with van der Waals surface area (Å²) in [4.78, 5) is 4.13. The topological polar surface area (TPSA) is 42.2 Å². The smallest absolute Gasteiger partial charge is 0.123 e. The van der Waals surface area contributed by atoms with Gasteiger partial charge in [0.05, 0.1) is 24.0 Å². The Morgan fingerprint density at radius 3 is 2.90 bits per heavy atom. The highest BCUT2D eigenvalue weighted by molar-refractivity contribution is 5.56. The number of rotatable bonds is 3. The molecule has 1 aromatic carbocycles. The Labute approximate surface area is 116 Å². The number of nitrogens with zero attached hydrogens (tertiary/aromatic N) is 3. The molecule has 0 amide bonds. The molecule has 1 unspecified atom stereocenters. The van der Waals surface area contributed by atoms with E-state index < -0.39 is 0 Å². The highest BCUT2D eigenvalue weighted by atomic mass is 19.1. The standard InChI is InChI=1S/C15H15FN4/c1-10-3-4-11(16)7-12(10)15(17-2)13-8-19-20-6-5-18-9-14(13)20/h3-9,15,17H,1-2H3. The first-order valence-electron chi connectivity index (χ1n) is 6.41. The van der Waals surface area contributed by atoms with Gasteiger partial charge in [-0.3, -0.25) is 4.98 Å². The van der Waals surface area contributed by atoms with E-state index in [2.05, 4.69) is 15.4 Å². The van der Waals surface area contributed by atoms with Crippen LogP contribution < -0.4 is 5.32 Å². The van der Waals surface area contributed by atoms with Crippen LogP contribution in [0.2, 0.25) is 0 Å². The van der Waals surface area contributed by atoms with E-state index in [-0.39, 0.29) is 11.9 Å². The molecule has 4 nitrogen and oxygen atoms in total. The summed E-state index contributed by atoms with van der Waals surface area (Å²) in [6.07, 6.45) is 7.04. The molecule has 102 valence electrons. The predicted octanol–water partition coefficient (Wildman–Crippen LogP) is 2.49. The van der Waals surface area contributed by atoms with Gasteiger partial charge in [-0.25, -0.2) is 8.91 Å². The molecule has 0 fully saturated rings. The highest BCUT2D eigenvalue weighted by Gasteiger charge is 2.19. The second-order valence-corrected chi connectivity index (χ2v) is 4.73. The lowest BCUT2D eigenvalue weighted by molar-refractivity contribution is 0.615. The van der Waals surface area contributed by atoms with Gasteiger partial charge in [-0.2, -0.15) is 5.10 Å². The van der Waals surface area contributed by atoms with Gasteiger partial charge < -0.3 is 5.32 Å². The maximum Gasteiger partial charge on any atom is 0.123 e. The van der Waals surface area contributed by atoms with E-state index in [0.717, 1.165) is 22.2 Å². The van der Waals surface area contributed by atoms with Gasteiger partial charge in [0, 0.05) is 18.0 Å². The molecule has 2 aromatic heterocycles. The van der Waals surface area contributed by atoms with Gasteiger partial charge in [-0.1, -0.05) is 6.07 Å². The Kier molecular flexibility index (Phi) is 3.20. The van der Waals surface area contributed by atoms with Crippen LogP contribution in [-0.2, 0) is 0 Å². The van der Waals surface area contributed by atoms with Gasteiger partial charge in [0.2, 0.25) is 0 Å². The highest BCUT2D eigenvalue weighted by Crippen LogP contribution is 2.27. The fourth-order valence-corrected chi connectivity index (χ4v) is 2.48. The summed E-state index contributed by atoms with van der Waals surface area (Å²) < 4.78 is 15.3. The van der Waals surface area contributed by atoms with Crippen molar-refractivity contribution < 1.29 is 4.39 Å². The van der Waals surface area contributed by atoms with E-state index in [1.807, 2.05) is 14.0 Å². The van der Waals surface area contributed by atoms with E-state index in [4.69, 9.17) is 0 Å². The molecular weight excluding hydrogens is 255 g/mol. The molecular formula is C15H15FN4. The van der Waals surface area contributed by atoms with Gasteiger partial charge in [0.1, 0.15) is 5.82 Å². The maximum absolute atomic E-state index is 13.5. The average molecular weight is 270 g/mol. The molecule has 0 saturated heterocycles. The number of nitrogens with one attached hydrogen (secondary N) is 1. The van der Waals surface area contributed by atoms with Crippen LogP contribution in [0.1, 0.15) is 22.7 Å². The zero-order chi connectivity index (χ0) is 14.1. The van der Waals surface area contributed by atoms with E-state index in [9.17, 15) is 4.39 Å². The Hall–Kier alpha value is -2.27. The number of hydrogen-bond acceptors (Lipinski definition) is 3. The van der Waals surface area contributed by atoms with Crippen molar-refractivity contribution in [1.82, 2.24) is 19.9 Å². The lowest BCUT2D eigenvalue weighted by Crippen LogP contribution is -2.18. The van der Waals surface area contributed by atoms with Crippen LogP contribution >= 0.6 is 0 Å². The molecule has 20 heavy (non-hydrogen) atoms. The first kappa shape index (κ1) is 12.7. The van der Waals surface area contributed by atoms with Gasteiger partial charge in [-0.15, -0.1) is 0 Å². The van der Waals surface area contributed by atoms with E-state index in [1.165, 1.54) is 6.07 Å². The summed E-state index contributed by atoms with van der Waals surface area (Å²) in [6, 6.07) is 4.71. The van der Waals surface area contributed by atoms with Crippen molar-refractivity contribution >= 4 is 5.52 Å². The number of hydrogen-bond donors (Lipinski definition) is 1. The van der Waals surface area contributed by atoms with Crippen LogP contribution in [0, 0.1) is 12.7 Å². The summed E-state index contributed by atoms with van der Waals surface area (Å²) in [5, 5.41) is 7.54. The van der Waals surface area contributed by atoms with E-state index in [0.29, 0.717) is 0 Å². The van der Waals surface area contributed by atoms with Crippen LogP contribution in [0.25, 0.3) is 5.52 Å². The molecule has 0 aliphatic heterocycles. The van der Waals surface area contributed by atoms with Gasteiger partial charge in [0.25, 0.3) is 0 Å². The summed E-state index contributed by atoms with van der Waals surface area (Å²) in [6.45, 7) is 1.98. The van der Waals surface area contributed by atoms with Gasteiger partial charge >= 0.3 is 0 Å². The van der Waals surface area contributed by atoms with Crippen LogP contribution in [0.15, 0.2) is 43.0 Å². The number of aryl methyl sites for hydroxylation is 1. The number of aromatic nitrogens is 3. The lowest BCUT2D eigenvalue weighted by atomic mass is 9.96. The number of halogens is 1. The molecule has 0 radical (unpaired) electrons. The summed E-state index contributed by atoms with van der Waals surface area (Å²) in [5.74, 6) is -0.236. The predicted molar refractivity (Wildman–Crippen MR) is 75.0 cm³/mol. The molecule has 0 saturated carbocycles. The fourth-order valence-electron chi connectivity index (χ4n) is 2.48. The zero-order valence-electron chi connectivity index (χ0n) is 11.3. The Morgan fingerprint density at radius 2 is 2.10 bits per heavy atom. The minimum absolute atomic E-state index is 0.118. The molecule has 0 aliphatic rings. The van der Waals surface area contributed by atoms with E-state index in [1.54, 1.807) is 41.4 Å². The largest absolute Gasteiger partial charge is 0.309 e. The van der Waals surface area contributed by atoms with Crippen molar-refractivity contribution in [2.24, 2.45) is 0 Å². The minimum Gasteiger partial charge on any atom is -0.309 e. The number of benzene rings is 1. The molecule has 2 heterocycles. The molecule has 0 aliphatic carbocycles. The molecule has 0 bridgehead atoms. The van der Waals surface area contributed by atoms with Crippen molar-refractivity contribution in [3.05, 3.63) is 65.5 Å². The van der Waals surface area contributed by atoms with Crippen LogP contribution in [0.3, 0.4) is 0 Å². The van der Waals surface area contributed by atoms with Gasteiger partial charge in [-0.05, 0) is 37.2 Å². The first-order valence-corrected chi connectivity index (χ1v) is 6.41. The molecule has 1 atom stereocenters. The van der Waals surface area contributed by atoms with Crippen molar-refractivity contribution in [1.29, 1.82) is 0 Å². The SMILES string of the molecule is CNC(c1cc(F)ccc1C)c1cnn2ccncc12. The molecule has 0 spiro atoms. The Balaban J connectivity index is 2.16. The quantitative estimate of drug-likeness (QED) is 0.795. The second kappa shape index (κ2) is 5.02. The maximum atomic E-state index is 13.5. The molecule has 5 heteroatoms. The minimum atomic E-state index is -0.236. The van der Waals surface area contributed by atoms with Crippen molar-refractivity contribution in [3.8, 4) is 0 Å². The summed E-state index contributed by atoms with van der Waals surface area (Å²) >= 11 is 0. The van der Waals surface area contributed by atoms with Crippen molar-refractivity contribution in [3.63, 3.8) is 0 Å². The van der Waals surface area contributed by atoms with E-state index >= 15 is 0 Å². The van der Waals surface area contributed by atoms with Crippen LogP contribution in [0.4, 0.5) is 4.39 Å². The zero-order valence-corrected chi connectivity index (χ0v) is 11.3. The van der Waals surface area contributed by atoms with Crippen LogP contribution in [-0.4, -0.2) is 21.6 Å². The Bertz CT molecular complexity index is 750. The van der Waals surface area contributed by atoms with Crippen molar-refractivity contribution in [2.45, 2.75) is 13.0 Å². The average Bonchev–Trinajstić information content (AvgIpc) is 2.88. The number of fused-ring (bicyclic) bond motifs is 1. The third-order valence-corrected chi connectivity index (χ3v) is 3.51. The van der Waals surface area contributed by atoms with Crippen LogP contribution in [0.5, 0.6) is 0 Å². The normalized spacial score (nSPS) is 12.8. The third kappa shape index (κ3) is 2.06. The first-order chi connectivity index (χ1) is 9.70. The molecule has 3 aromatic rings. The monoisotopic (exact) mass is 270 g/mol. The third-order valence-electron chi connectivity index (χ3n) is 3.51.